The van der Waals surface area contributed by atoms with Crippen molar-refractivity contribution in [3.8, 4) is 0 Å². The maximum absolute atomic E-state index is 13.7. The van der Waals surface area contributed by atoms with E-state index in [2.05, 4.69) is 15.6 Å². The van der Waals surface area contributed by atoms with Crippen LogP contribution in [0, 0.1) is 19.7 Å². The van der Waals surface area contributed by atoms with Gasteiger partial charge in [-0.05, 0) is 50.1 Å². The predicted octanol–water partition coefficient (Wildman–Crippen LogP) is 2.24. The van der Waals surface area contributed by atoms with Crippen LogP contribution >= 0.6 is 0 Å². The molecular formula is C23H25FN4O4. The minimum Gasteiger partial charge on any atom is -0.383 e. The molecule has 1 aromatic heterocycles. The van der Waals surface area contributed by atoms with Crippen molar-refractivity contribution in [2.45, 2.75) is 26.3 Å². The second kappa shape index (κ2) is 8.58. The van der Waals surface area contributed by atoms with E-state index in [1.165, 1.54) is 18.2 Å². The number of aromatic amines is 1. The number of aromatic nitrogens is 1. The van der Waals surface area contributed by atoms with Crippen LogP contribution in [-0.2, 0) is 14.3 Å². The topological polar surface area (TPSA) is 104 Å². The summed E-state index contributed by atoms with van der Waals surface area (Å²) in [5, 5.41) is 5.54. The van der Waals surface area contributed by atoms with E-state index in [0.29, 0.717) is 65.5 Å². The van der Waals surface area contributed by atoms with E-state index >= 15 is 0 Å². The molecule has 1 fully saturated rings. The standard InChI is InChI=1S/C23H25FN4O4/c1-12-19(11-16-15-10-14(24)4-5-17(15)26-21(16)29)25-13(2)20(12)22(30)27-18-6-7-28(23(18)31)8-9-32-3/h4-5,10-11,18,25H,6-9H2,1-3H3,(H,26,29)(H,27,30)/t18-/m0/s1. The molecule has 3 heterocycles. The molecule has 1 aromatic carbocycles. The van der Waals surface area contributed by atoms with Crippen molar-refractivity contribution in [1.82, 2.24) is 15.2 Å². The number of H-pyrrole nitrogens is 1. The van der Waals surface area contributed by atoms with Crippen LogP contribution in [0.1, 0.15) is 39.3 Å². The van der Waals surface area contributed by atoms with Crippen molar-refractivity contribution in [2.75, 3.05) is 32.1 Å². The fraction of sp³-hybridized carbons (Fsp3) is 0.348. The van der Waals surface area contributed by atoms with E-state index in [1.807, 2.05) is 0 Å². The third-order valence-corrected chi connectivity index (χ3v) is 5.92. The van der Waals surface area contributed by atoms with Crippen LogP contribution in [0.5, 0.6) is 0 Å². The molecule has 0 bridgehead atoms. The number of hydrogen-bond donors (Lipinski definition) is 3. The van der Waals surface area contributed by atoms with Gasteiger partial charge in [-0.3, -0.25) is 14.4 Å². The van der Waals surface area contributed by atoms with Crippen LogP contribution in [0.3, 0.4) is 0 Å². The number of halogens is 1. The number of rotatable bonds is 6. The van der Waals surface area contributed by atoms with Gasteiger partial charge in [0.2, 0.25) is 5.91 Å². The smallest absolute Gasteiger partial charge is 0.256 e. The number of hydrogen-bond acceptors (Lipinski definition) is 4. The lowest BCUT2D eigenvalue weighted by atomic mass is 10.0. The van der Waals surface area contributed by atoms with Crippen molar-refractivity contribution < 1.29 is 23.5 Å². The van der Waals surface area contributed by atoms with Crippen LogP contribution < -0.4 is 10.6 Å². The second-order valence-electron chi connectivity index (χ2n) is 8.00. The number of fused-ring (bicyclic) bond motifs is 1. The highest BCUT2D eigenvalue weighted by Crippen LogP contribution is 2.34. The Bertz CT molecular complexity index is 1140. The van der Waals surface area contributed by atoms with E-state index in [9.17, 15) is 18.8 Å². The number of aryl methyl sites for hydroxylation is 1. The number of carbonyl (C=O) groups is 3. The number of amides is 3. The molecule has 168 valence electrons. The van der Waals surface area contributed by atoms with Gasteiger partial charge in [-0.15, -0.1) is 0 Å². The molecule has 1 saturated heterocycles. The maximum Gasteiger partial charge on any atom is 0.256 e. The van der Waals surface area contributed by atoms with E-state index in [-0.39, 0.29) is 17.7 Å². The third kappa shape index (κ3) is 3.91. The second-order valence-corrected chi connectivity index (χ2v) is 8.00. The molecular weight excluding hydrogens is 415 g/mol. The van der Waals surface area contributed by atoms with Gasteiger partial charge in [-0.1, -0.05) is 0 Å². The van der Waals surface area contributed by atoms with E-state index < -0.39 is 11.9 Å². The van der Waals surface area contributed by atoms with Gasteiger partial charge in [0.05, 0.1) is 17.7 Å². The Labute approximate surface area is 184 Å². The number of benzene rings is 1. The Morgan fingerprint density at radius 1 is 1.34 bits per heavy atom. The molecule has 9 heteroatoms. The minimum atomic E-state index is -0.578. The first-order chi connectivity index (χ1) is 15.3. The highest BCUT2D eigenvalue weighted by molar-refractivity contribution is 6.34. The molecule has 2 aliphatic rings. The molecule has 4 rings (SSSR count). The molecule has 32 heavy (non-hydrogen) atoms. The van der Waals surface area contributed by atoms with Crippen molar-refractivity contribution >= 4 is 35.1 Å². The Morgan fingerprint density at radius 3 is 2.88 bits per heavy atom. The van der Waals surface area contributed by atoms with Crippen molar-refractivity contribution in [3.63, 3.8) is 0 Å². The fourth-order valence-electron chi connectivity index (χ4n) is 4.23. The van der Waals surface area contributed by atoms with Crippen LogP contribution in [0.15, 0.2) is 18.2 Å². The van der Waals surface area contributed by atoms with Gasteiger partial charge in [0, 0.05) is 42.8 Å². The van der Waals surface area contributed by atoms with Crippen molar-refractivity contribution in [3.05, 3.63) is 52.1 Å². The Kier molecular flexibility index (Phi) is 5.84. The predicted molar refractivity (Wildman–Crippen MR) is 117 cm³/mol. The summed E-state index contributed by atoms with van der Waals surface area (Å²) in [6.45, 7) is 5.03. The summed E-state index contributed by atoms with van der Waals surface area (Å²) in [6.07, 6.45) is 2.16. The zero-order valence-electron chi connectivity index (χ0n) is 18.2. The minimum absolute atomic E-state index is 0.121. The summed E-state index contributed by atoms with van der Waals surface area (Å²) in [5.41, 5.74) is 3.60. The van der Waals surface area contributed by atoms with Crippen LogP contribution in [0.2, 0.25) is 0 Å². The fourth-order valence-corrected chi connectivity index (χ4v) is 4.23. The number of ether oxygens (including phenoxy) is 1. The van der Waals surface area contributed by atoms with Crippen LogP contribution in [-0.4, -0.2) is 60.5 Å². The molecule has 0 aliphatic carbocycles. The molecule has 1 atom stereocenters. The van der Waals surface area contributed by atoms with Crippen LogP contribution in [0.4, 0.5) is 10.1 Å². The molecule has 3 N–H and O–H groups in total. The van der Waals surface area contributed by atoms with Gasteiger partial charge in [-0.2, -0.15) is 0 Å². The van der Waals surface area contributed by atoms with Crippen molar-refractivity contribution in [2.24, 2.45) is 0 Å². The number of nitrogens with zero attached hydrogens (tertiary/aromatic N) is 1. The number of nitrogens with one attached hydrogen (secondary N) is 3. The van der Waals surface area contributed by atoms with Crippen LogP contribution in [0.25, 0.3) is 11.6 Å². The zero-order valence-corrected chi connectivity index (χ0v) is 18.2. The Balaban J connectivity index is 1.56. The van der Waals surface area contributed by atoms with E-state index in [0.717, 1.165) is 0 Å². The lowest BCUT2D eigenvalue weighted by Gasteiger charge is -2.16. The number of anilines is 1. The Hall–Kier alpha value is -3.46. The Morgan fingerprint density at radius 2 is 2.12 bits per heavy atom. The van der Waals surface area contributed by atoms with E-state index in [1.54, 1.807) is 31.9 Å². The summed E-state index contributed by atoms with van der Waals surface area (Å²) in [4.78, 5) is 42.7. The van der Waals surface area contributed by atoms with Gasteiger partial charge in [0.1, 0.15) is 11.9 Å². The third-order valence-electron chi connectivity index (χ3n) is 5.92. The molecule has 0 unspecified atom stereocenters. The molecule has 8 nitrogen and oxygen atoms in total. The van der Waals surface area contributed by atoms with Crippen molar-refractivity contribution in [1.29, 1.82) is 0 Å². The van der Waals surface area contributed by atoms with Gasteiger partial charge >= 0.3 is 0 Å². The number of likely N-dealkylation sites (tertiary alicyclic amines) is 1. The van der Waals surface area contributed by atoms with Gasteiger partial charge < -0.3 is 25.3 Å². The lowest BCUT2D eigenvalue weighted by Crippen LogP contribution is -2.42. The number of carbonyl (C=O) groups excluding carboxylic acids is 3. The molecule has 0 radical (unpaired) electrons. The highest BCUT2D eigenvalue weighted by atomic mass is 19.1. The summed E-state index contributed by atoms with van der Waals surface area (Å²) in [7, 11) is 1.58. The number of methoxy groups -OCH3 is 1. The lowest BCUT2D eigenvalue weighted by molar-refractivity contribution is -0.129. The molecule has 3 amide bonds. The largest absolute Gasteiger partial charge is 0.383 e. The summed E-state index contributed by atoms with van der Waals surface area (Å²) in [6, 6.07) is 3.53. The maximum atomic E-state index is 13.7. The zero-order chi connectivity index (χ0) is 23.0. The molecule has 2 aromatic rings. The van der Waals surface area contributed by atoms with Gasteiger partial charge in [0.15, 0.2) is 0 Å². The first-order valence-corrected chi connectivity index (χ1v) is 10.4. The molecule has 0 spiro atoms. The quantitative estimate of drug-likeness (QED) is 0.600. The average Bonchev–Trinajstić information content (AvgIpc) is 3.35. The monoisotopic (exact) mass is 440 g/mol. The van der Waals surface area contributed by atoms with Gasteiger partial charge in [0.25, 0.3) is 11.8 Å². The average molecular weight is 440 g/mol. The first kappa shape index (κ1) is 21.8. The van der Waals surface area contributed by atoms with E-state index in [4.69, 9.17) is 4.74 Å². The normalized spacial score (nSPS) is 18.9. The first-order valence-electron chi connectivity index (χ1n) is 10.4. The summed E-state index contributed by atoms with van der Waals surface area (Å²) in [5.74, 6) is -1.25. The SMILES string of the molecule is COCCN1CC[C@H](NC(=O)c2c(C)[nH]c(C=C3C(=O)Nc4ccc(F)cc43)c2C)C1=O. The highest BCUT2D eigenvalue weighted by Gasteiger charge is 2.33. The summed E-state index contributed by atoms with van der Waals surface area (Å²) < 4.78 is 18.7. The molecule has 0 saturated carbocycles. The summed E-state index contributed by atoms with van der Waals surface area (Å²) >= 11 is 0. The van der Waals surface area contributed by atoms with Gasteiger partial charge in [-0.25, -0.2) is 4.39 Å². The molecule has 2 aliphatic heterocycles.